The Hall–Kier alpha value is -1.62. The predicted molar refractivity (Wildman–Crippen MR) is 106 cm³/mol. The van der Waals surface area contributed by atoms with Gasteiger partial charge in [0, 0.05) is 11.0 Å². The number of thiophene rings is 1. The van der Waals surface area contributed by atoms with E-state index in [0.29, 0.717) is 20.7 Å². The molecule has 0 bridgehead atoms. The number of imidazole rings is 1. The molecule has 0 atom stereocenters. The van der Waals surface area contributed by atoms with E-state index in [0.717, 1.165) is 16.9 Å². The largest absolute Gasteiger partial charge is 0.477 e. The van der Waals surface area contributed by atoms with Gasteiger partial charge in [0.2, 0.25) is 9.84 Å². The van der Waals surface area contributed by atoms with E-state index in [1.807, 2.05) is 4.57 Å². The van der Waals surface area contributed by atoms with E-state index in [2.05, 4.69) is 27.5 Å². The van der Waals surface area contributed by atoms with Gasteiger partial charge in [0.1, 0.15) is 4.88 Å². The maximum absolute atomic E-state index is 13.1. The van der Waals surface area contributed by atoms with Crippen molar-refractivity contribution in [1.82, 2.24) is 9.55 Å². The maximum Gasteiger partial charge on any atom is 0.345 e. The van der Waals surface area contributed by atoms with Gasteiger partial charge in [-0.3, -0.25) is 0 Å². The maximum atomic E-state index is 13.1. The van der Waals surface area contributed by atoms with E-state index >= 15 is 0 Å². The van der Waals surface area contributed by atoms with Crippen molar-refractivity contribution in [1.29, 1.82) is 0 Å². The Kier molecular flexibility index (Phi) is 5.29. The van der Waals surface area contributed by atoms with Crippen molar-refractivity contribution in [2.75, 3.05) is 6.26 Å². The molecule has 26 heavy (non-hydrogen) atoms. The molecule has 0 saturated heterocycles. The zero-order valence-corrected chi connectivity index (χ0v) is 17.5. The lowest BCUT2D eigenvalue weighted by molar-refractivity contribution is 0.0702. The van der Waals surface area contributed by atoms with Gasteiger partial charge in [-0.15, -0.1) is 29.7 Å². The molecule has 3 aromatic rings. The molecule has 0 fully saturated rings. The molecule has 1 aromatic carbocycles. The highest BCUT2D eigenvalue weighted by Crippen LogP contribution is 2.38. The Morgan fingerprint density at radius 1 is 1.46 bits per heavy atom. The number of allylic oxidation sites excluding steroid dienone is 1. The van der Waals surface area contributed by atoms with Crippen LogP contribution in [0.1, 0.15) is 9.67 Å². The second-order valence-electron chi connectivity index (χ2n) is 5.23. The number of carboxylic acid groups (broad SMARTS) is 1. The number of hydrogen-bond acceptors (Lipinski definition) is 6. The summed E-state index contributed by atoms with van der Waals surface area (Å²) in [5.74, 6) is -1.15. The Morgan fingerprint density at radius 2 is 2.19 bits per heavy atom. The smallest absolute Gasteiger partial charge is 0.345 e. The van der Waals surface area contributed by atoms with E-state index in [4.69, 9.17) is 0 Å². The van der Waals surface area contributed by atoms with Gasteiger partial charge in [-0.25, -0.2) is 18.2 Å². The number of fused-ring (bicyclic) bond motifs is 1. The van der Waals surface area contributed by atoms with Crippen molar-refractivity contribution in [3.8, 4) is 0 Å². The normalized spacial score (nSPS) is 11.8. The van der Waals surface area contributed by atoms with Crippen LogP contribution in [0.25, 0.3) is 11.0 Å². The summed E-state index contributed by atoms with van der Waals surface area (Å²) in [7, 11) is -3.88. The molecule has 0 unspecified atom stereocenters. The van der Waals surface area contributed by atoms with E-state index < -0.39 is 15.8 Å². The average molecular weight is 473 g/mol. The van der Waals surface area contributed by atoms with E-state index in [9.17, 15) is 18.3 Å². The lowest BCUT2D eigenvalue weighted by atomic mass is 10.3. The van der Waals surface area contributed by atoms with Crippen LogP contribution in [0.2, 0.25) is 0 Å². The first-order valence-corrected chi connectivity index (χ1v) is 11.5. The molecule has 0 aliphatic carbocycles. The van der Waals surface area contributed by atoms with E-state index in [-0.39, 0.29) is 14.7 Å². The van der Waals surface area contributed by atoms with Gasteiger partial charge in [0.15, 0.2) is 0 Å². The highest BCUT2D eigenvalue weighted by Gasteiger charge is 2.27. The topological polar surface area (TPSA) is 89.3 Å². The Labute approximate surface area is 166 Å². The summed E-state index contributed by atoms with van der Waals surface area (Å²) in [4.78, 5) is 15.5. The fraction of sp³-hybridized carbons (Fsp3) is 0.125. The van der Waals surface area contributed by atoms with Gasteiger partial charge >= 0.3 is 5.97 Å². The van der Waals surface area contributed by atoms with Crippen molar-refractivity contribution in [3.05, 3.63) is 46.5 Å². The Morgan fingerprint density at radius 3 is 2.81 bits per heavy atom. The summed E-state index contributed by atoms with van der Waals surface area (Å²) < 4.78 is 29.1. The third kappa shape index (κ3) is 3.22. The Bertz CT molecular complexity index is 1130. The van der Waals surface area contributed by atoms with Crippen LogP contribution in [0.3, 0.4) is 0 Å². The fourth-order valence-corrected chi connectivity index (χ4v) is 7.19. The number of benzene rings is 1. The van der Waals surface area contributed by atoms with Crippen LogP contribution in [0, 0.1) is 0 Å². The number of nitrogens with zero attached hydrogens (tertiary/aromatic N) is 2. The standard InChI is InChI=1S/C16H13BrN2O4S3/c1-3-4-19-8-18-11-6-9(5-10(17)14(11)19)26(22,23)13-7-12(15(20)21)25-16(13)24-2/h3,5-8H,1,4H2,2H3,(H,20,21). The number of halogens is 1. The van der Waals surface area contributed by atoms with Crippen LogP contribution in [0.4, 0.5) is 0 Å². The molecule has 0 aliphatic rings. The number of hydrogen-bond donors (Lipinski definition) is 1. The molecule has 0 spiro atoms. The minimum Gasteiger partial charge on any atom is -0.477 e. The van der Waals surface area contributed by atoms with Crippen LogP contribution in [0.15, 0.2) is 55.7 Å². The molecule has 136 valence electrons. The summed E-state index contributed by atoms with van der Waals surface area (Å²) in [6, 6.07) is 4.22. The van der Waals surface area contributed by atoms with E-state index in [1.165, 1.54) is 30.0 Å². The number of thioether (sulfide) groups is 1. The minimum absolute atomic E-state index is 0.00386. The van der Waals surface area contributed by atoms with Gasteiger partial charge in [-0.2, -0.15) is 0 Å². The molecule has 0 saturated carbocycles. The lowest BCUT2D eigenvalue weighted by Crippen LogP contribution is -2.03. The van der Waals surface area contributed by atoms with Crippen molar-refractivity contribution in [2.45, 2.75) is 20.5 Å². The quantitative estimate of drug-likeness (QED) is 0.424. The molecular weight excluding hydrogens is 460 g/mol. The number of aromatic nitrogens is 2. The van der Waals surface area contributed by atoms with Crippen molar-refractivity contribution in [3.63, 3.8) is 0 Å². The summed E-state index contributed by atoms with van der Waals surface area (Å²) in [6.07, 6.45) is 5.06. The minimum atomic E-state index is -3.88. The van der Waals surface area contributed by atoms with Gasteiger partial charge in [0.05, 0.1) is 31.4 Å². The van der Waals surface area contributed by atoms with Gasteiger partial charge in [0.25, 0.3) is 0 Å². The number of sulfone groups is 1. The fourth-order valence-electron chi connectivity index (χ4n) is 2.48. The zero-order chi connectivity index (χ0) is 19.1. The highest BCUT2D eigenvalue weighted by atomic mass is 79.9. The average Bonchev–Trinajstić information content (AvgIpc) is 3.20. The third-order valence-corrected chi connectivity index (χ3v) is 8.51. The number of carbonyl (C=O) groups is 1. The first-order valence-electron chi connectivity index (χ1n) is 7.21. The van der Waals surface area contributed by atoms with Gasteiger partial charge in [-0.1, -0.05) is 6.08 Å². The second kappa shape index (κ2) is 7.18. The first kappa shape index (κ1) is 19.2. The third-order valence-electron chi connectivity index (χ3n) is 3.63. The van der Waals surface area contributed by atoms with Gasteiger partial charge < -0.3 is 9.67 Å². The number of aromatic carboxylic acids is 1. The molecule has 3 rings (SSSR count). The van der Waals surface area contributed by atoms with Crippen LogP contribution in [-0.2, 0) is 16.4 Å². The zero-order valence-electron chi connectivity index (χ0n) is 13.5. The second-order valence-corrected chi connectivity index (χ2v) is 10.1. The predicted octanol–water partition coefficient (Wildman–Crippen LogP) is 4.30. The van der Waals surface area contributed by atoms with Crippen molar-refractivity contribution >= 4 is 65.9 Å². The van der Waals surface area contributed by atoms with Crippen molar-refractivity contribution in [2.24, 2.45) is 0 Å². The van der Waals surface area contributed by atoms with Crippen molar-refractivity contribution < 1.29 is 18.3 Å². The molecular formula is C16H13BrN2O4S3. The molecule has 1 N–H and O–H groups in total. The highest BCUT2D eigenvalue weighted by molar-refractivity contribution is 9.10. The summed E-state index contributed by atoms with van der Waals surface area (Å²) in [6.45, 7) is 4.24. The van der Waals surface area contributed by atoms with Crippen LogP contribution in [0.5, 0.6) is 0 Å². The molecule has 2 heterocycles. The molecule has 6 nitrogen and oxygen atoms in total. The SMILES string of the molecule is C=CCn1cnc2cc(S(=O)(=O)c3cc(C(=O)O)sc3SC)cc(Br)c21. The summed E-state index contributed by atoms with van der Waals surface area (Å²) >= 11 is 5.58. The van der Waals surface area contributed by atoms with Crippen LogP contribution >= 0.6 is 39.0 Å². The summed E-state index contributed by atoms with van der Waals surface area (Å²) in [5, 5.41) is 9.17. The first-order chi connectivity index (χ1) is 12.3. The lowest BCUT2D eigenvalue weighted by Gasteiger charge is -2.07. The summed E-state index contributed by atoms with van der Waals surface area (Å²) in [5.41, 5.74) is 1.30. The monoisotopic (exact) mass is 472 g/mol. The number of rotatable bonds is 6. The molecule has 0 amide bonds. The van der Waals surface area contributed by atoms with Gasteiger partial charge in [-0.05, 0) is 40.4 Å². The Balaban J connectivity index is 2.19. The molecule has 2 aromatic heterocycles. The van der Waals surface area contributed by atoms with Crippen LogP contribution < -0.4 is 0 Å². The molecule has 10 heteroatoms. The van der Waals surface area contributed by atoms with Crippen LogP contribution in [-0.4, -0.2) is 35.3 Å². The van der Waals surface area contributed by atoms with E-state index in [1.54, 1.807) is 18.7 Å². The molecule has 0 radical (unpaired) electrons. The molecule has 0 aliphatic heterocycles. The number of carboxylic acids is 1.